The van der Waals surface area contributed by atoms with Crippen molar-refractivity contribution in [3.05, 3.63) is 23.8 Å². The third-order valence-electron chi connectivity index (χ3n) is 4.96. The van der Waals surface area contributed by atoms with Crippen molar-refractivity contribution in [1.29, 1.82) is 0 Å². The lowest BCUT2D eigenvalue weighted by Gasteiger charge is -2.40. The summed E-state index contributed by atoms with van der Waals surface area (Å²) >= 11 is 0. The summed E-state index contributed by atoms with van der Waals surface area (Å²) in [5, 5.41) is 5.78. The maximum Gasteiger partial charge on any atom is 0.256 e. The summed E-state index contributed by atoms with van der Waals surface area (Å²) in [7, 11) is 0. The molecule has 1 aromatic rings. The van der Waals surface area contributed by atoms with Crippen LogP contribution in [0, 0.1) is 11.3 Å². The van der Waals surface area contributed by atoms with Gasteiger partial charge in [0.2, 0.25) is 6.79 Å². The number of hydrogen-bond donors (Lipinski definition) is 0. The average Bonchev–Trinajstić information content (AvgIpc) is 3.06. The molecular weight excluding hydrogens is 308 g/mol. The fourth-order valence-electron chi connectivity index (χ4n) is 3.38. The Balaban J connectivity index is 1.84. The SMILES string of the molecule is CCC1(CC)C(=O)C(C)CN(/N=C/c2ccc3c(c2)OCO3)C1=O. The molecule has 1 atom stereocenters. The van der Waals surface area contributed by atoms with Crippen LogP contribution in [-0.4, -0.2) is 36.3 Å². The summed E-state index contributed by atoms with van der Waals surface area (Å²) in [5.41, 5.74) is -0.126. The van der Waals surface area contributed by atoms with Gasteiger partial charge in [0.1, 0.15) is 5.41 Å². The second-order valence-corrected chi connectivity index (χ2v) is 6.30. The lowest BCUT2D eigenvalue weighted by atomic mass is 9.71. The summed E-state index contributed by atoms with van der Waals surface area (Å²) in [6.07, 6.45) is 2.63. The number of carbonyl (C=O) groups excluding carboxylic acids is 2. The van der Waals surface area contributed by atoms with Gasteiger partial charge in [-0.1, -0.05) is 20.8 Å². The summed E-state index contributed by atoms with van der Waals surface area (Å²) < 4.78 is 10.6. The number of hydrazone groups is 1. The molecule has 1 amide bonds. The minimum absolute atomic E-state index is 0.0343. The van der Waals surface area contributed by atoms with Gasteiger partial charge in [-0.05, 0) is 36.6 Å². The molecular formula is C18H22N2O4. The maximum absolute atomic E-state index is 12.8. The first-order valence-electron chi connectivity index (χ1n) is 8.31. The predicted octanol–water partition coefficient (Wildman–Crippen LogP) is 2.60. The number of rotatable bonds is 4. The van der Waals surface area contributed by atoms with E-state index in [9.17, 15) is 9.59 Å². The third kappa shape index (κ3) is 2.56. The molecule has 0 radical (unpaired) electrons. The Bertz CT molecular complexity index is 694. The minimum Gasteiger partial charge on any atom is -0.454 e. The van der Waals surface area contributed by atoms with Crippen LogP contribution in [0.5, 0.6) is 11.5 Å². The van der Waals surface area contributed by atoms with Crippen molar-refractivity contribution >= 4 is 17.9 Å². The zero-order valence-corrected chi connectivity index (χ0v) is 14.2. The largest absolute Gasteiger partial charge is 0.454 e. The number of fused-ring (bicyclic) bond motifs is 1. The third-order valence-corrected chi connectivity index (χ3v) is 4.96. The van der Waals surface area contributed by atoms with Crippen molar-refractivity contribution in [3.63, 3.8) is 0 Å². The van der Waals surface area contributed by atoms with Crippen LogP contribution >= 0.6 is 0 Å². The van der Waals surface area contributed by atoms with Crippen molar-refractivity contribution < 1.29 is 19.1 Å². The van der Waals surface area contributed by atoms with Crippen LogP contribution < -0.4 is 9.47 Å². The molecule has 1 saturated heterocycles. The molecule has 0 saturated carbocycles. The summed E-state index contributed by atoms with van der Waals surface area (Å²) in [6, 6.07) is 5.49. The molecule has 3 rings (SSSR count). The van der Waals surface area contributed by atoms with Crippen LogP contribution in [0.25, 0.3) is 0 Å². The standard InChI is InChI=1S/C18H22N2O4/c1-4-18(5-2)16(21)12(3)10-20(17(18)22)19-9-13-6-7-14-15(8-13)24-11-23-14/h6-9,12H,4-5,10-11H2,1-3H3/b19-9+. The Morgan fingerprint density at radius 3 is 2.67 bits per heavy atom. The molecule has 128 valence electrons. The molecule has 2 heterocycles. The lowest BCUT2D eigenvalue weighted by Crippen LogP contribution is -2.55. The quantitative estimate of drug-likeness (QED) is 0.628. The van der Waals surface area contributed by atoms with Crippen LogP contribution in [0.15, 0.2) is 23.3 Å². The zero-order valence-electron chi connectivity index (χ0n) is 14.2. The van der Waals surface area contributed by atoms with Gasteiger partial charge in [0.25, 0.3) is 5.91 Å². The summed E-state index contributed by atoms with van der Waals surface area (Å²) in [5.74, 6) is 0.997. The number of hydrogen-bond acceptors (Lipinski definition) is 5. The smallest absolute Gasteiger partial charge is 0.256 e. The van der Waals surface area contributed by atoms with Gasteiger partial charge >= 0.3 is 0 Å². The highest BCUT2D eigenvalue weighted by molar-refractivity contribution is 6.09. The van der Waals surface area contributed by atoms with E-state index in [0.717, 1.165) is 5.56 Å². The number of amides is 1. The zero-order chi connectivity index (χ0) is 17.3. The molecule has 24 heavy (non-hydrogen) atoms. The van der Waals surface area contributed by atoms with Crippen molar-refractivity contribution in [3.8, 4) is 11.5 Å². The van der Waals surface area contributed by atoms with E-state index < -0.39 is 5.41 Å². The van der Waals surface area contributed by atoms with Crippen LogP contribution in [0.4, 0.5) is 0 Å². The molecule has 0 bridgehead atoms. The van der Waals surface area contributed by atoms with Gasteiger partial charge in [-0.3, -0.25) is 9.59 Å². The Morgan fingerprint density at radius 1 is 1.25 bits per heavy atom. The van der Waals surface area contributed by atoms with Crippen molar-refractivity contribution in [2.75, 3.05) is 13.3 Å². The lowest BCUT2D eigenvalue weighted by molar-refractivity contribution is -0.158. The predicted molar refractivity (Wildman–Crippen MR) is 89.1 cm³/mol. The Hall–Kier alpha value is -2.37. The van der Waals surface area contributed by atoms with E-state index in [1.165, 1.54) is 5.01 Å². The first-order valence-corrected chi connectivity index (χ1v) is 8.31. The van der Waals surface area contributed by atoms with Gasteiger partial charge in [-0.15, -0.1) is 0 Å². The molecule has 0 aromatic heterocycles. The highest BCUT2D eigenvalue weighted by Gasteiger charge is 2.50. The van der Waals surface area contributed by atoms with E-state index in [0.29, 0.717) is 30.9 Å². The average molecular weight is 330 g/mol. The number of benzene rings is 1. The summed E-state index contributed by atoms with van der Waals surface area (Å²) in [6.45, 7) is 6.17. The minimum atomic E-state index is -0.941. The Kier molecular flexibility index (Phi) is 4.30. The number of ether oxygens (including phenoxy) is 2. The first-order chi connectivity index (χ1) is 11.5. The molecule has 0 spiro atoms. The van der Waals surface area contributed by atoms with Gasteiger partial charge in [0, 0.05) is 5.92 Å². The van der Waals surface area contributed by atoms with Crippen LogP contribution in [0.3, 0.4) is 0 Å². The number of piperidine rings is 1. The number of Topliss-reactive ketones (excluding diaryl/α,β-unsaturated/α-hetero) is 1. The molecule has 6 nitrogen and oxygen atoms in total. The fourth-order valence-corrected chi connectivity index (χ4v) is 3.38. The monoisotopic (exact) mass is 330 g/mol. The van der Waals surface area contributed by atoms with Gasteiger partial charge in [0.05, 0.1) is 12.8 Å². The van der Waals surface area contributed by atoms with E-state index in [1.807, 2.05) is 39.0 Å². The highest BCUT2D eigenvalue weighted by Crippen LogP contribution is 2.37. The second-order valence-electron chi connectivity index (χ2n) is 6.30. The van der Waals surface area contributed by atoms with Crippen molar-refractivity contribution in [2.24, 2.45) is 16.4 Å². The second kappa shape index (κ2) is 6.26. The van der Waals surface area contributed by atoms with Crippen molar-refractivity contribution in [2.45, 2.75) is 33.6 Å². The van der Waals surface area contributed by atoms with Crippen LogP contribution in [0.1, 0.15) is 39.2 Å². The molecule has 1 fully saturated rings. The number of ketones is 1. The van der Waals surface area contributed by atoms with Gasteiger partial charge in [-0.2, -0.15) is 5.10 Å². The number of carbonyl (C=O) groups is 2. The van der Waals surface area contributed by atoms with Gasteiger partial charge in [-0.25, -0.2) is 5.01 Å². The molecule has 1 aromatic carbocycles. The van der Waals surface area contributed by atoms with Gasteiger partial charge < -0.3 is 9.47 Å². The molecule has 6 heteroatoms. The molecule has 2 aliphatic rings. The van der Waals surface area contributed by atoms with Gasteiger partial charge in [0.15, 0.2) is 17.3 Å². The number of nitrogens with zero attached hydrogens (tertiary/aromatic N) is 2. The maximum atomic E-state index is 12.8. The highest BCUT2D eigenvalue weighted by atomic mass is 16.7. The fraction of sp³-hybridized carbons (Fsp3) is 0.500. The van der Waals surface area contributed by atoms with E-state index >= 15 is 0 Å². The van der Waals surface area contributed by atoms with Crippen LogP contribution in [-0.2, 0) is 9.59 Å². The Morgan fingerprint density at radius 2 is 1.96 bits per heavy atom. The topological polar surface area (TPSA) is 68.2 Å². The first kappa shape index (κ1) is 16.5. The normalized spacial score (nSPS) is 22.5. The van der Waals surface area contributed by atoms with E-state index in [2.05, 4.69) is 5.10 Å². The molecule has 2 aliphatic heterocycles. The van der Waals surface area contributed by atoms with Crippen molar-refractivity contribution in [1.82, 2.24) is 5.01 Å². The van der Waals surface area contributed by atoms with Crippen LogP contribution in [0.2, 0.25) is 0 Å². The van der Waals surface area contributed by atoms with E-state index in [4.69, 9.17) is 9.47 Å². The molecule has 1 unspecified atom stereocenters. The molecule has 0 aliphatic carbocycles. The molecule has 0 N–H and O–H groups in total. The summed E-state index contributed by atoms with van der Waals surface area (Å²) in [4.78, 5) is 25.4. The van der Waals surface area contributed by atoms with E-state index in [1.54, 1.807) is 6.21 Å². The van der Waals surface area contributed by atoms with E-state index in [-0.39, 0.29) is 24.4 Å². The Labute approximate surface area is 141 Å².